The molecule has 2 aromatic carbocycles. The Morgan fingerprint density at radius 2 is 1.22 bits per heavy atom. The molecule has 5 atom stereocenters. The monoisotopic (exact) mass is 852 g/mol. The number of hydroxylamine groups is 2. The van der Waals surface area contributed by atoms with Crippen molar-refractivity contribution in [2.45, 2.75) is 101 Å². The summed E-state index contributed by atoms with van der Waals surface area (Å²) in [5.41, 5.74) is 7.19. The number of allylic oxidation sites excluding steroid dienone is 2. The SMILES string of the molecule is C/C=C(\F)c1ccc(C2=NO[C@@H](C[C@](C)(C(=O)NO)S(C)(=O)=O)C2)cc1.C/C=C(\F)c1ccc(C2=NO[C@@H](C[C@](C)(C(=O)NOC3CCCCO3)S(C)(=O)=O)C2)cc1. The molecule has 0 aliphatic carbocycles. The van der Waals surface area contributed by atoms with Gasteiger partial charge in [0, 0.05) is 62.3 Å². The zero-order valence-corrected chi connectivity index (χ0v) is 34.8. The average molecular weight is 853 g/mol. The number of nitrogens with zero attached hydrogens (tertiary/aromatic N) is 2. The van der Waals surface area contributed by atoms with Crippen molar-refractivity contribution in [3.05, 3.63) is 82.9 Å². The van der Waals surface area contributed by atoms with Gasteiger partial charge in [0.15, 0.2) is 35.5 Å². The molecule has 3 aliphatic rings. The van der Waals surface area contributed by atoms with Crippen molar-refractivity contribution in [2.75, 3.05) is 19.1 Å². The highest BCUT2D eigenvalue weighted by atomic mass is 32.2. The number of carbonyl (C=O) groups is 2. The summed E-state index contributed by atoms with van der Waals surface area (Å²) in [6, 6.07) is 13.3. The van der Waals surface area contributed by atoms with Crippen LogP contribution in [0.25, 0.3) is 11.7 Å². The average Bonchev–Trinajstić information content (AvgIpc) is 3.88. The predicted octanol–water partition coefficient (Wildman–Crippen LogP) is 5.49. The minimum Gasteiger partial charge on any atom is -0.392 e. The van der Waals surface area contributed by atoms with Crippen LogP contribution in [0.2, 0.25) is 0 Å². The molecular formula is C39H50F2N4O11S2. The van der Waals surface area contributed by atoms with Gasteiger partial charge >= 0.3 is 0 Å². The third-order valence-electron chi connectivity index (χ3n) is 10.3. The van der Waals surface area contributed by atoms with Crippen LogP contribution in [0.5, 0.6) is 0 Å². The van der Waals surface area contributed by atoms with Gasteiger partial charge in [0.25, 0.3) is 11.8 Å². The van der Waals surface area contributed by atoms with Crippen molar-refractivity contribution in [1.29, 1.82) is 0 Å². The second-order valence-electron chi connectivity index (χ2n) is 14.6. The summed E-state index contributed by atoms with van der Waals surface area (Å²) in [5.74, 6) is -2.46. The number of sulfone groups is 2. The molecular weight excluding hydrogens is 803 g/mol. The van der Waals surface area contributed by atoms with Crippen LogP contribution in [0, 0.1) is 0 Å². The van der Waals surface area contributed by atoms with Gasteiger partial charge in [-0.1, -0.05) is 71.0 Å². The predicted molar refractivity (Wildman–Crippen MR) is 213 cm³/mol. The standard InChI is InChI=1S/C22H29FN2O6S.C17H21FN2O5S/c1-4-18(23)15-8-10-16(11-9-15)19-13-17(30-24-19)14-22(2,32(3,27)28)21(26)25-31-20-7-5-6-12-29-20;1-4-14(18)11-5-7-12(8-6-11)15-9-13(25-20-15)10-17(2,16(21)19-22)26(3,23)24/h4,8-11,17,20H,5-7,12-14H2,1-3H3,(H,25,26);4-8,13,22H,9-10H2,1-3H3,(H,19,21)/b18-4-;14-4-/t17-,20?,22-;13-,17-/m11/s1. The summed E-state index contributed by atoms with van der Waals surface area (Å²) in [5, 5.41) is 16.9. The fourth-order valence-electron chi connectivity index (χ4n) is 6.24. The highest BCUT2D eigenvalue weighted by Crippen LogP contribution is 2.32. The van der Waals surface area contributed by atoms with Gasteiger partial charge in [-0.15, -0.1) is 0 Å². The highest BCUT2D eigenvalue weighted by Gasteiger charge is 2.48. The molecule has 1 saturated heterocycles. The van der Waals surface area contributed by atoms with Crippen LogP contribution in [-0.2, 0) is 48.5 Å². The highest BCUT2D eigenvalue weighted by molar-refractivity contribution is 7.93. The van der Waals surface area contributed by atoms with E-state index in [-0.39, 0.29) is 30.9 Å². The molecule has 3 aliphatic heterocycles. The summed E-state index contributed by atoms with van der Waals surface area (Å²) in [6.07, 6.45) is 5.59. The van der Waals surface area contributed by atoms with Crippen molar-refractivity contribution >= 4 is 54.6 Å². The number of hydrogen-bond acceptors (Lipinski definition) is 13. The van der Waals surface area contributed by atoms with Crippen molar-refractivity contribution in [3.8, 4) is 0 Å². The van der Waals surface area contributed by atoms with Gasteiger partial charge in [-0.3, -0.25) is 14.8 Å². The molecule has 0 spiro atoms. The maximum Gasteiger partial charge on any atom is 0.264 e. The molecule has 0 aromatic heterocycles. The molecule has 58 heavy (non-hydrogen) atoms. The maximum atomic E-state index is 13.7. The van der Waals surface area contributed by atoms with Crippen LogP contribution in [0.1, 0.15) is 94.9 Å². The number of nitrogens with one attached hydrogen (secondary N) is 2. The third kappa shape index (κ3) is 11.1. The number of hydrogen-bond donors (Lipinski definition) is 3. The molecule has 0 saturated carbocycles. The molecule has 3 heterocycles. The molecule has 2 amide bonds. The van der Waals surface area contributed by atoms with Gasteiger partial charge < -0.3 is 14.4 Å². The molecule has 19 heteroatoms. The number of halogens is 2. The third-order valence-corrected chi connectivity index (χ3v) is 14.3. The molecule has 15 nitrogen and oxygen atoms in total. The molecule has 0 bridgehead atoms. The zero-order chi connectivity index (χ0) is 42.9. The topological polar surface area (TPSA) is 208 Å². The van der Waals surface area contributed by atoms with Crippen LogP contribution in [0.4, 0.5) is 8.78 Å². The van der Waals surface area contributed by atoms with Crippen LogP contribution in [0.3, 0.4) is 0 Å². The van der Waals surface area contributed by atoms with E-state index in [9.17, 15) is 35.2 Å². The van der Waals surface area contributed by atoms with Crippen LogP contribution in [0.15, 0.2) is 71.0 Å². The molecule has 1 unspecified atom stereocenters. The summed E-state index contributed by atoms with van der Waals surface area (Å²) in [7, 11) is -7.63. The van der Waals surface area contributed by atoms with Gasteiger partial charge in [-0.2, -0.15) is 0 Å². The summed E-state index contributed by atoms with van der Waals surface area (Å²) >= 11 is 0. The lowest BCUT2D eigenvalue weighted by atomic mass is 9.96. The van der Waals surface area contributed by atoms with Gasteiger partial charge in [0.1, 0.15) is 23.9 Å². The number of oxime groups is 2. The smallest absolute Gasteiger partial charge is 0.264 e. The Morgan fingerprint density at radius 3 is 1.59 bits per heavy atom. The van der Waals surface area contributed by atoms with Crippen molar-refractivity contribution in [3.63, 3.8) is 0 Å². The molecule has 0 radical (unpaired) electrons. The Hall–Kier alpha value is -4.56. The van der Waals surface area contributed by atoms with E-state index >= 15 is 0 Å². The van der Waals surface area contributed by atoms with E-state index in [4.69, 9.17) is 24.5 Å². The number of ether oxygens (including phenoxy) is 1. The van der Waals surface area contributed by atoms with Crippen molar-refractivity contribution in [2.24, 2.45) is 10.3 Å². The molecule has 5 rings (SSSR count). The van der Waals surface area contributed by atoms with E-state index in [1.54, 1.807) is 62.4 Å². The first-order valence-corrected chi connectivity index (χ1v) is 22.3. The quantitative estimate of drug-likeness (QED) is 0.160. The van der Waals surface area contributed by atoms with Crippen molar-refractivity contribution < 1.29 is 59.7 Å². The van der Waals surface area contributed by atoms with E-state index in [1.165, 1.54) is 31.5 Å². The maximum absolute atomic E-state index is 13.7. The number of amides is 2. The van der Waals surface area contributed by atoms with E-state index in [2.05, 4.69) is 15.8 Å². The van der Waals surface area contributed by atoms with Crippen LogP contribution < -0.4 is 11.0 Å². The lowest BCUT2D eigenvalue weighted by Gasteiger charge is -2.29. The molecule has 2 aromatic rings. The van der Waals surface area contributed by atoms with Gasteiger partial charge in [-0.05, 0) is 51.7 Å². The van der Waals surface area contributed by atoms with E-state index < -0.39 is 59.5 Å². The molecule has 3 N–H and O–H groups in total. The number of rotatable bonds is 14. The van der Waals surface area contributed by atoms with E-state index in [1.807, 2.05) is 0 Å². The van der Waals surface area contributed by atoms with Crippen molar-refractivity contribution in [1.82, 2.24) is 11.0 Å². The van der Waals surface area contributed by atoms with Gasteiger partial charge in [0.05, 0.1) is 11.4 Å². The Bertz CT molecular complexity index is 2140. The lowest BCUT2D eigenvalue weighted by molar-refractivity contribution is -0.201. The Kier molecular flexibility index (Phi) is 15.5. The van der Waals surface area contributed by atoms with E-state index in [0.29, 0.717) is 47.6 Å². The first-order valence-electron chi connectivity index (χ1n) is 18.5. The molecule has 1 fully saturated rings. The summed E-state index contributed by atoms with van der Waals surface area (Å²) in [4.78, 5) is 40.7. The number of benzene rings is 2. The second-order valence-corrected chi connectivity index (χ2v) is 19.5. The second kappa shape index (κ2) is 19.5. The minimum atomic E-state index is -3.82. The van der Waals surface area contributed by atoms with Gasteiger partial charge in [-0.25, -0.2) is 41.4 Å². The minimum absolute atomic E-state index is 0.106. The van der Waals surface area contributed by atoms with Crippen LogP contribution >= 0.6 is 0 Å². The fraction of sp³-hybridized carbons (Fsp3) is 0.487. The lowest BCUT2D eigenvalue weighted by Crippen LogP contribution is -2.52. The largest absolute Gasteiger partial charge is 0.392 e. The zero-order valence-electron chi connectivity index (χ0n) is 33.2. The summed E-state index contributed by atoms with van der Waals surface area (Å²) < 4.78 is 78.1. The Morgan fingerprint density at radius 1 is 0.793 bits per heavy atom. The first kappa shape index (κ1) is 46.1. The van der Waals surface area contributed by atoms with E-state index in [0.717, 1.165) is 30.9 Å². The van der Waals surface area contributed by atoms with Crippen LogP contribution in [-0.4, -0.2) is 92.4 Å². The Balaban J connectivity index is 0.000000262. The Labute approximate surface area is 337 Å². The van der Waals surface area contributed by atoms with Gasteiger partial charge in [0.2, 0.25) is 0 Å². The first-order chi connectivity index (χ1) is 27.3. The summed E-state index contributed by atoms with van der Waals surface area (Å²) in [6.45, 7) is 6.32. The molecule has 318 valence electrons. The normalized spacial score (nSPS) is 22.1. The number of carbonyl (C=O) groups excluding carboxylic acids is 2. The fourth-order valence-corrected chi connectivity index (χ4v) is 7.98.